The largest absolute Gasteiger partial charge is 0.208 e. The van der Waals surface area contributed by atoms with Crippen LogP contribution in [0.1, 0.15) is 0 Å². The van der Waals surface area contributed by atoms with Gasteiger partial charge in [0.1, 0.15) is 0 Å². The number of aromatic nitrogens is 3. The van der Waals surface area contributed by atoms with Crippen LogP contribution in [0.25, 0.3) is 99.9 Å². The van der Waals surface area contributed by atoms with Crippen molar-refractivity contribution >= 4 is 32.3 Å². The van der Waals surface area contributed by atoms with Crippen LogP contribution in [0.4, 0.5) is 0 Å². The zero-order valence-corrected chi connectivity index (χ0v) is 29.4. The fourth-order valence-corrected chi connectivity index (χ4v) is 7.72. The summed E-state index contributed by atoms with van der Waals surface area (Å²) in [4.78, 5) is 15.7. The highest BCUT2D eigenvalue weighted by Gasteiger charge is 2.17. The highest BCUT2D eigenvalue weighted by molar-refractivity contribution is 6.05. The number of rotatable bonds is 6. The van der Waals surface area contributed by atoms with Crippen molar-refractivity contribution in [1.29, 1.82) is 0 Å². The van der Waals surface area contributed by atoms with Crippen LogP contribution in [0.3, 0.4) is 0 Å². The fourth-order valence-electron chi connectivity index (χ4n) is 7.72. The molecule has 0 radical (unpaired) electrons. The minimum atomic E-state index is 0.629. The Morgan fingerprint density at radius 1 is 0.222 bits per heavy atom. The first kappa shape index (κ1) is 31.5. The van der Waals surface area contributed by atoms with Gasteiger partial charge in [-0.3, -0.25) is 0 Å². The molecule has 0 saturated carbocycles. The van der Waals surface area contributed by atoms with Crippen LogP contribution in [-0.4, -0.2) is 15.0 Å². The molecule has 1 heterocycles. The lowest BCUT2D eigenvalue weighted by Gasteiger charge is -2.14. The van der Waals surface area contributed by atoms with Crippen LogP contribution in [0.15, 0.2) is 200 Å². The topological polar surface area (TPSA) is 38.7 Å². The molecule has 10 rings (SSSR count). The molecule has 1 aromatic heterocycles. The molecule has 0 aliphatic rings. The molecule has 9 aromatic carbocycles. The van der Waals surface area contributed by atoms with Gasteiger partial charge in [0, 0.05) is 16.7 Å². The molecule has 0 aliphatic carbocycles. The van der Waals surface area contributed by atoms with Gasteiger partial charge in [-0.1, -0.05) is 182 Å². The molecule has 0 amide bonds. The Labute approximate surface area is 313 Å². The summed E-state index contributed by atoms with van der Waals surface area (Å²) >= 11 is 0. The maximum absolute atomic E-state index is 5.25. The van der Waals surface area contributed by atoms with Gasteiger partial charge in [-0.25, -0.2) is 15.0 Å². The number of benzene rings is 9. The van der Waals surface area contributed by atoms with E-state index in [-0.39, 0.29) is 0 Å². The van der Waals surface area contributed by atoms with E-state index in [9.17, 15) is 0 Å². The molecule has 10 aromatic rings. The van der Waals surface area contributed by atoms with Crippen LogP contribution in [-0.2, 0) is 0 Å². The first-order valence-corrected chi connectivity index (χ1v) is 18.3. The van der Waals surface area contributed by atoms with E-state index in [0.717, 1.165) is 55.1 Å². The third kappa shape index (κ3) is 5.69. The lowest BCUT2D eigenvalue weighted by atomic mass is 9.91. The Morgan fingerprint density at radius 2 is 0.685 bits per heavy atom. The molecule has 0 aliphatic heterocycles. The van der Waals surface area contributed by atoms with E-state index in [2.05, 4.69) is 200 Å². The monoisotopic (exact) mass is 687 g/mol. The zero-order valence-electron chi connectivity index (χ0n) is 29.4. The van der Waals surface area contributed by atoms with E-state index in [1.165, 1.54) is 27.3 Å². The molecular weight excluding hydrogens is 655 g/mol. The van der Waals surface area contributed by atoms with Crippen molar-refractivity contribution in [1.82, 2.24) is 15.0 Å². The summed E-state index contributed by atoms with van der Waals surface area (Å²) in [7, 11) is 0. The van der Waals surface area contributed by atoms with Crippen molar-refractivity contribution in [3.05, 3.63) is 200 Å². The van der Waals surface area contributed by atoms with Gasteiger partial charge in [0.2, 0.25) is 0 Å². The predicted octanol–water partition coefficient (Wildman–Crippen LogP) is 13.3. The minimum Gasteiger partial charge on any atom is -0.208 e. The molecule has 0 saturated heterocycles. The SMILES string of the molecule is c1ccc(-c2cc(-c3nc(-c4cccc(-c5ccc(-c6ccccc6)c6ccccc56)c4)nc(-c4cccc5ccccc45)n3)cc3ccccc23)cc1. The van der Waals surface area contributed by atoms with Crippen LogP contribution in [0.5, 0.6) is 0 Å². The van der Waals surface area contributed by atoms with Crippen molar-refractivity contribution in [2.24, 2.45) is 0 Å². The molecule has 0 spiro atoms. The maximum Gasteiger partial charge on any atom is 0.164 e. The van der Waals surface area contributed by atoms with Gasteiger partial charge in [-0.15, -0.1) is 0 Å². The second kappa shape index (κ2) is 13.4. The third-order valence-corrected chi connectivity index (χ3v) is 10.3. The van der Waals surface area contributed by atoms with Crippen LogP contribution < -0.4 is 0 Å². The molecule has 0 atom stereocenters. The van der Waals surface area contributed by atoms with E-state index >= 15 is 0 Å². The van der Waals surface area contributed by atoms with Crippen molar-refractivity contribution in [2.75, 3.05) is 0 Å². The number of fused-ring (bicyclic) bond motifs is 3. The summed E-state index contributed by atoms with van der Waals surface area (Å²) in [6.07, 6.45) is 0. The Balaban J connectivity index is 1.17. The van der Waals surface area contributed by atoms with E-state index in [4.69, 9.17) is 15.0 Å². The normalized spacial score (nSPS) is 11.3. The Morgan fingerprint density at radius 3 is 1.39 bits per heavy atom. The van der Waals surface area contributed by atoms with Gasteiger partial charge in [-0.2, -0.15) is 0 Å². The highest BCUT2D eigenvalue weighted by Crippen LogP contribution is 2.38. The molecule has 0 N–H and O–H groups in total. The smallest absolute Gasteiger partial charge is 0.164 e. The average molecular weight is 688 g/mol. The Kier molecular flexibility index (Phi) is 7.81. The van der Waals surface area contributed by atoms with Gasteiger partial charge >= 0.3 is 0 Å². The first-order valence-electron chi connectivity index (χ1n) is 18.3. The van der Waals surface area contributed by atoms with Crippen LogP contribution in [0.2, 0.25) is 0 Å². The van der Waals surface area contributed by atoms with Gasteiger partial charge in [0.15, 0.2) is 17.5 Å². The molecule has 0 fully saturated rings. The highest BCUT2D eigenvalue weighted by atomic mass is 15.0. The van der Waals surface area contributed by atoms with Crippen molar-refractivity contribution < 1.29 is 0 Å². The van der Waals surface area contributed by atoms with Crippen molar-refractivity contribution in [2.45, 2.75) is 0 Å². The summed E-state index contributed by atoms with van der Waals surface area (Å²) in [6.45, 7) is 0. The minimum absolute atomic E-state index is 0.629. The second-order valence-electron chi connectivity index (χ2n) is 13.6. The van der Waals surface area contributed by atoms with E-state index < -0.39 is 0 Å². The van der Waals surface area contributed by atoms with Crippen molar-refractivity contribution in [3.63, 3.8) is 0 Å². The van der Waals surface area contributed by atoms with Gasteiger partial charge in [-0.05, 0) is 83.9 Å². The molecule has 3 nitrogen and oxygen atoms in total. The molecule has 0 unspecified atom stereocenters. The van der Waals surface area contributed by atoms with E-state index in [1.807, 2.05) is 0 Å². The summed E-state index contributed by atoms with van der Waals surface area (Å²) in [5.74, 6) is 1.91. The van der Waals surface area contributed by atoms with Crippen LogP contribution in [0, 0.1) is 0 Å². The summed E-state index contributed by atoms with van der Waals surface area (Å²) in [6, 6.07) is 70.6. The van der Waals surface area contributed by atoms with Crippen molar-refractivity contribution in [3.8, 4) is 67.5 Å². The lowest BCUT2D eigenvalue weighted by molar-refractivity contribution is 1.08. The van der Waals surface area contributed by atoms with E-state index in [0.29, 0.717) is 17.5 Å². The van der Waals surface area contributed by atoms with Gasteiger partial charge in [0.25, 0.3) is 0 Å². The van der Waals surface area contributed by atoms with Gasteiger partial charge < -0.3 is 0 Å². The number of hydrogen-bond acceptors (Lipinski definition) is 3. The number of nitrogens with zero attached hydrogens (tertiary/aromatic N) is 3. The standard InChI is InChI=1S/C51H33N3/c1-3-15-34(16-4-1)43-29-30-44(46-27-12-11-26-45(43)46)38-22-13-23-39(31-38)49-52-50(54-51(53-49)47-28-14-21-35-19-7-9-24-41(35)47)40-32-37-20-8-10-25-42(37)48(33-40)36-17-5-2-6-18-36/h1-33H. The lowest BCUT2D eigenvalue weighted by Crippen LogP contribution is -2.01. The molecule has 54 heavy (non-hydrogen) atoms. The molecule has 252 valence electrons. The first-order chi connectivity index (χ1) is 26.8. The summed E-state index contributed by atoms with van der Waals surface area (Å²) in [5, 5.41) is 6.99. The maximum atomic E-state index is 5.25. The summed E-state index contributed by atoms with van der Waals surface area (Å²) in [5.41, 5.74) is 9.83. The molecular formula is C51H33N3. The molecule has 3 heteroatoms. The quantitative estimate of drug-likeness (QED) is 0.175. The number of hydrogen-bond donors (Lipinski definition) is 0. The predicted molar refractivity (Wildman–Crippen MR) is 225 cm³/mol. The summed E-state index contributed by atoms with van der Waals surface area (Å²) < 4.78 is 0. The third-order valence-electron chi connectivity index (χ3n) is 10.3. The van der Waals surface area contributed by atoms with E-state index in [1.54, 1.807) is 0 Å². The van der Waals surface area contributed by atoms with Crippen LogP contribution >= 0.6 is 0 Å². The fraction of sp³-hybridized carbons (Fsp3) is 0. The zero-order chi connectivity index (χ0) is 35.8. The Hall–Kier alpha value is -7.23. The van der Waals surface area contributed by atoms with Gasteiger partial charge in [0.05, 0.1) is 0 Å². The second-order valence-corrected chi connectivity index (χ2v) is 13.6. The Bertz CT molecular complexity index is 2980. The average Bonchev–Trinajstić information content (AvgIpc) is 3.26. The molecule has 0 bridgehead atoms.